The third kappa shape index (κ3) is 2.39. The summed E-state index contributed by atoms with van der Waals surface area (Å²) in [6.07, 6.45) is 1.04. The summed E-state index contributed by atoms with van der Waals surface area (Å²) in [5.41, 5.74) is 5.15. The van der Waals surface area contributed by atoms with Crippen LogP contribution in [0.25, 0.3) is 10.9 Å². The van der Waals surface area contributed by atoms with Gasteiger partial charge < -0.3 is 14.6 Å². The van der Waals surface area contributed by atoms with Gasteiger partial charge >= 0.3 is 5.97 Å². The Kier molecular flexibility index (Phi) is 3.62. The molecule has 4 rings (SSSR count). The summed E-state index contributed by atoms with van der Waals surface area (Å²) in [4.78, 5) is 13.9. The van der Waals surface area contributed by atoms with E-state index in [1.165, 1.54) is 22.2 Å². The minimum Gasteiger partial charge on any atom is -0.478 e. The van der Waals surface area contributed by atoms with Crippen molar-refractivity contribution in [3.63, 3.8) is 0 Å². The maximum Gasteiger partial charge on any atom is 0.336 e. The van der Waals surface area contributed by atoms with Crippen molar-refractivity contribution in [3.8, 4) is 0 Å². The quantitative estimate of drug-likeness (QED) is 0.805. The predicted octanol–water partition coefficient (Wildman–Crippen LogP) is 3.38. The molecule has 1 N–H and O–H groups in total. The lowest BCUT2D eigenvalue weighted by Gasteiger charge is -2.25. The first kappa shape index (κ1) is 15.0. The van der Waals surface area contributed by atoms with Crippen LogP contribution in [-0.2, 0) is 19.5 Å². The molecule has 0 unspecified atom stereocenters. The number of carboxylic acids is 1. The minimum atomic E-state index is -0.868. The highest BCUT2D eigenvalue weighted by atomic mass is 16.4. The van der Waals surface area contributed by atoms with Crippen LogP contribution in [0.4, 0.5) is 0 Å². The van der Waals surface area contributed by atoms with Crippen LogP contribution < -0.4 is 0 Å². The van der Waals surface area contributed by atoms with Crippen molar-refractivity contribution < 1.29 is 9.90 Å². The fourth-order valence-corrected chi connectivity index (χ4v) is 3.74. The molecule has 24 heavy (non-hydrogen) atoms. The summed E-state index contributed by atoms with van der Waals surface area (Å²) in [5, 5.41) is 10.8. The summed E-state index contributed by atoms with van der Waals surface area (Å²) >= 11 is 0. The van der Waals surface area contributed by atoms with E-state index < -0.39 is 5.97 Å². The lowest BCUT2D eigenvalue weighted by Crippen LogP contribution is -2.28. The first-order valence-corrected chi connectivity index (χ1v) is 8.24. The third-order valence-corrected chi connectivity index (χ3v) is 4.93. The molecule has 0 saturated carbocycles. The van der Waals surface area contributed by atoms with Gasteiger partial charge in [-0.25, -0.2) is 4.79 Å². The number of carboxylic acid groups (broad SMARTS) is 1. The van der Waals surface area contributed by atoms with Crippen LogP contribution in [0.15, 0.2) is 48.5 Å². The van der Waals surface area contributed by atoms with E-state index in [9.17, 15) is 9.90 Å². The molecule has 122 valence electrons. The lowest BCUT2D eigenvalue weighted by molar-refractivity contribution is 0.0695. The van der Waals surface area contributed by atoms with Crippen LogP contribution in [0, 0.1) is 0 Å². The SMILES string of the molecule is CN1CCc2c(n(Cc3ccccc3C(=O)O)c3ccccc23)C1. The Hall–Kier alpha value is -2.59. The van der Waals surface area contributed by atoms with E-state index >= 15 is 0 Å². The monoisotopic (exact) mass is 320 g/mol. The number of aromatic carboxylic acids is 1. The number of hydrogen-bond donors (Lipinski definition) is 1. The number of rotatable bonds is 3. The van der Waals surface area contributed by atoms with Crippen LogP contribution >= 0.6 is 0 Å². The van der Waals surface area contributed by atoms with Gasteiger partial charge in [-0.15, -0.1) is 0 Å². The van der Waals surface area contributed by atoms with E-state index in [0.29, 0.717) is 12.1 Å². The Labute approximate surface area is 140 Å². The molecule has 0 amide bonds. The first-order chi connectivity index (χ1) is 11.6. The number of benzene rings is 2. The predicted molar refractivity (Wildman–Crippen MR) is 94.5 cm³/mol. The van der Waals surface area contributed by atoms with E-state index in [0.717, 1.165) is 25.1 Å². The maximum absolute atomic E-state index is 11.5. The maximum atomic E-state index is 11.5. The average Bonchev–Trinajstić information content (AvgIpc) is 2.89. The van der Waals surface area contributed by atoms with Gasteiger partial charge in [-0.1, -0.05) is 36.4 Å². The molecule has 0 atom stereocenters. The highest BCUT2D eigenvalue weighted by molar-refractivity contribution is 5.90. The van der Waals surface area contributed by atoms with Crippen LogP contribution in [0.1, 0.15) is 27.2 Å². The third-order valence-electron chi connectivity index (χ3n) is 4.93. The number of hydrogen-bond acceptors (Lipinski definition) is 2. The molecular weight excluding hydrogens is 300 g/mol. The molecule has 0 bridgehead atoms. The highest BCUT2D eigenvalue weighted by Crippen LogP contribution is 2.31. The number of para-hydroxylation sites is 1. The van der Waals surface area contributed by atoms with Crippen LogP contribution in [0.5, 0.6) is 0 Å². The highest BCUT2D eigenvalue weighted by Gasteiger charge is 2.22. The van der Waals surface area contributed by atoms with E-state index in [1.807, 2.05) is 12.1 Å². The first-order valence-electron chi connectivity index (χ1n) is 8.24. The van der Waals surface area contributed by atoms with Crippen molar-refractivity contribution in [2.75, 3.05) is 13.6 Å². The topological polar surface area (TPSA) is 45.5 Å². The zero-order valence-corrected chi connectivity index (χ0v) is 13.7. The average molecular weight is 320 g/mol. The van der Waals surface area contributed by atoms with Gasteiger partial charge in [0.1, 0.15) is 0 Å². The zero-order chi connectivity index (χ0) is 16.7. The Morgan fingerprint density at radius 1 is 1.12 bits per heavy atom. The molecule has 2 aromatic carbocycles. The van der Waals surface area contributed by atoms with Gasteiger partial charge in [-0.05, 0) is 36.7 Å². The molecule has 1 aliphatic rings. The number of nitrogens with zero attached hydrogens (tertiary/aromatic N) is 2. The van der Waals surface area contributed by atoms with Gasteiger partial charge in [0.05, 0.1) is 5.56 Å². The fraction of sp³-hybridized carbons (Fsp3) is 0.250. The van der Waals surface area contributed by atoms with E-state index in [4.69, 9.17) is 0 Å². The summed E-state index contributed by atoms with van der Waals surface area (Å²) in [7, 11) is 2.14. The Morgan fingerprint density at radius 3 is 2.71 bits per heavy atom. The number of aromatic nitrogens is 1. The summed E-state index contributed by atoms with van der Waals surface area (Å²) in [6, 6.07) is 15.7. The van der Waals surface area contributed by atoms with Crippen molar-refractivity contribution >= 4 is 16.9 Å². The van der Waals surface area contributed by atoms with Gasteiger partial charge in [-0.2, -0.15) is 0 Å². The van der Waals surface area contributed by atoms with Gasteiger partial charge in [-0.3, -0.25) is 0 Å². The Morgan fingerprint density at radius 2 is 1.88 bits per heavy atom. The van der Waals surface area contributed by atoms with Crippen molar-refractivity contribution in [2.45, 2.75) is 19.5 Å². The second kappa shape index (κ2) is 5.80. The van der Waals surface area contributed by atoms with Crippen LogP contribution in [0.3, 0.4) is 0 Å². The van der Waals surface area contributed by atoms with Gasteiger partial charge in [0.25, 0.3) is 0 Å². The molecule has 0 spiro atoms. The van der Waals surface area contributed by atoms with E-state index in [-0.39, 0.29) is 0 Å². The van der Waals surface area contributed by atoms with Crippen molar-refractivity contribution in [1.29, 1.82) is 0 Å². The molecule has 0 saturated heterocycles. The molecule has 0 radical (unpaired) electrons. The summed E-state index contributed by atoms with van der Waals surface area (Å²) in [5.74, 6) is -0.868. The molecular formula is C20H20N2O2. The van der Waals surface area contributed by atoms with Gasteiger partial charge in [0, 0.05) is 36.2 Å². The number of fused-ring (bicyclic) bond motifs is 3. The molecule has 1 aromatic heterocycles. The fourth-order valence-electron chi connectivity index (χ4n) is 3.74. The molecule has 0 fully saturated rings. The normalized spacial score (nSPS) is 14.7. The van der Waals surface area contributed by atoms with Crippen molar-refractivity contribution in [1.82, 2.24) is 9.47 Å². The standard InChI is InChI=1S/C20H20N2O2/c1-21-11-10-17-16-8-4-5-9-18(16)22(19(17)13-21)12-14-6-2-3-7-15(14)20(23)24/h2-9H,10-13H2,1H3,(H,23,24). The molecule has 0 aliphatic carbocycles. The minimum absolute atomic E-state index is 0.383. The van der Waals surface area contributed by atoms with Gasteiger partial charge in [0.15, 0.2) is 0 Å². The van der Waals surface area contributed by atoms with E-state index in [1.54, 1.807) is 12.1 Å². The Balaban J connectivity index is 1.89. The Bertz CT molecular complexity index is 927. The van der Waals surface area contributed by atoms with Crippen LogP contribution in [-0.4, -0.2) is 34.1 Å². The lowest BCUT2D eigenvalue weighted by atomic mass is 10.0. The number of likely N-dealkylation sites (N-methyl/N-ethyl adjacent to an activating group) is 1. The zero-order valence-electron chi connectivity index (χ0n) is 13.7. The summed E-state index contributed by atoms with van der Waals surface area (Å²) < 4.78 is 2.29. The largest absolute Gasteiger partial charge is 0.478 e. The number of carbonyl (C=O) groups is 1. The van der Waals surface area contributed by atoms with E-state index in [2.05, 4.69) is 40.8 Å². The van der Waals surface area contributed by atoms with Crippen molar-refractivity contribution in [3.05, 3.63) is 70.9 Å². The van der Waals surface area contributed by atoms with Crippen molar-refractivity contribution in [2.24, 2.45) is 0 Å². The second-order valence-electron chi connectivity index (χ2n) is 6.48. The molecule has 4 heteroatoms. The smallest absolute Gasteiger partial charge is 0.336 e. The summed E-state index contributed by atoms with van der Waals surface area (Å²) in [6.45, 7) is 2.55. The molecule has 2 heterocycles. The molecule has 3 aromatic rings. The van der Waals surface area contributed by atoms with Crippen LogP contribution in [0.2, 0.25) is 0 Å². The molecule has 1 aliphatic heterocycles. The second-order valence-corrected chi connectivity index (χ2v) is 6.48. The molecule has 4 nitrogen and oxygen atoms in total. The van der Waals surface area contributed by atoms with Gasteiger partial charge in [0.2, 0.25) is 0 Å².